The Hall–Kier alpha value is -1.23. The van der Waals surface area contributed by atoms with E-state index in [9.17, 15) is 8.42 Å². The Kier molecular flexibility index (Phi) is 7.17. The number of halogens is 1. The van der Waals surface area contributed by atoms with E-state index in [1.807, 2.05) is 18.2 Å². The molecule has 0 bridgehead atoms. The Morgan fingerprint density at radius 2 is 2.08 bits per heavy atom. The largest absolute Gasteiger partial charge is 0.454 e. The van der Waals surface area contributed by atoms with Gasteiger partial charge in [-0.15, -0.1) is 24.0 Å². The van der Waals surface area contributed by atoms with Gasteiger partial charge in [0.2, 0.25) is 6.79 Å². The molecule has 2 N–H and O–H groups in total. The number of aliphatic imine (C=N–C) groups is 1. The SMILES string of the molecule is CN=C(NCCc1ccc2c(c1)OCO2)NCC1CCS(=O)(=O)C1.I. The van der Waals surface area contributed by atoms with Crippen LogP contribution < -0.4 is 20.1 Å². The van der Waals surface area contributed by atoms with Crippen LogP contribution in [-0.4, -0.2) is 52.8 Å². The van der Waals surface area contributed by atoms with Crippen LogP contribution in [0.3, 0.4) is 0 Å². The summed E-state index contributed by atoms with van der Waals surface area (Å²) in [6, 6.07) is 5.93. The molecule has 1 unspecified atom stereocenters. The maximum absolute atomic E-state index is 11.5. The van der Waals surface area contributed by atoms with Gasteiger partial charge in [0.25, 0.3) is 0 Å². The number of sulfone groups is 1. The van der Waals surface area contributed by atoms with E-state index in [0.717, 1.165) is 36.4 Å². The van der Waals surface area contributed by atoms with Gasteiger partial charge < -0.3 is 20.1 Å². The zero-order chi connectivity index (χ0) is 17.0. The van der Waals surface area contributed by atoms with Crippen molar-refractivity contribution in [3.05, 3.63) is 23.8 Å². The van der Waals surface area contributed by atoms with Gasteiger partial charge in [-0.3, -0.25) is 4.99 Å². The van der Waals surface area contributed by atoms with Crippen molar-refractivity contribution < 1.29 is 17.9 Å². The highest BCUT2D eigenvalue weighted by atomic mass is 127. The minimum Gasteiger partial charge on any atom is -0.454 e. The maximum atomic E-state index is 11.5. The van der Waals surface area contributed by atoms with Crippen LogP contribution in [0.25, 0.3) is 0 Å². The summed E-state index contributed by atoms with van der Waals surface area (Å²) >= 11 is 0. The first-order valence-electron chi connectivity index (χ1n) is 8.09. The summed E-state index contributed by atoms with van der Waals surface area (Å²) in [5, 5.41) is 6.45. The Labute approximate surface area is 165 Å². The van der Waals surface area contributed by atoms with Crippen molar-refractivity contribution >= 4 is 39.8 Å². The minimum absolute atomic E-state index is 0. The smallest absolute Gasteiger partial charge is 0.231 e. The summed E-state index contributed by atoms with van der Waals surface area (Å²) < 4.78 is 33.6. The summed E-state index contributed by atoms with van der Waals surface area (Å²) in [4.78, 5) is 4.17. The Morgan fingerprint density at radius 1 is 1.28 bits per heavy atom. The van der Waals surface area contributed by atoms with Crippen molar-refractivity contribution in [1.29, 1.82) is 0 Å². The fourth-order valence-electron chi connectivity index (χ4n) is 2.92. The van der Waals surface area contributed by atoms with E-state index in [2.05, 4.69) is 15.6 Å². The number of nitrogens with one attached hydrogen (secondary N) is 2. The van der Waals surface area contributed by atoms with Crippen molar-refractivity contribution in [3.8, 4) is 11.5 Å². The molecule has 0 amide bonds. The van der Waals surface area contributed by atoms with Gasteiger partial charge in [-0.2, -0.15) is 0 Å². The highest BCUT2D eigenvalue weighted by Crippen LogP contribution is 2.32. The number of hydrogen-bond donors (Lipinski definition) is 2. The lowest BCUT2D eigenvalue weighted by Crippen LogP contribution is -2.40. The van der Waals surface area contributed by atoms with E-state index in [-0.39, 0.29) is 42.4 Å². The molecule has 1 fully saturated rings. The first kappa shape index (κ1) is 20.1. The predicted molar refractivity (Wildman–Crippen MR) is 108 cm³/mol. The van der Waals surface area contributed by atoms with Crippen molar-refractivity contribution in [2.45, 2.75) is 12.8 Å². The van der Waals surface area contributed by atoms with Crippen LogP contribution in [-0.2, 0) is 16.3 Å². The normalized spacial score (nSPS) is 20.8. The number of rotatable bonds is 5. The van der Waals surface area contributed by atoms with Crippen LogP contribution in [0.5, 0.6) is 11.5 Å². The quantitative estimate of drug-likeness (QED) is 0.373. The van der Waals surface area contributed by atoms with Crippen LogP contribution >= 0.6 is 24.0 Å². The molecule has 1 aromatic rings. The van der Waals surface area contributed by atoms with E-state index in [0.29, 0.717) is 18.3 Å². The Bertz CT molecular complexity index is 724. The third-order valence-corrected chi connectivity index (χ3v) is 6.09. The van der Waals surface area contributed by atoms with Crippen molar-refractivity contribution in [1.82, 2.24) is 10.6 Å². The summed E-state index contributed by atoms with van der Waals surface area (Å²) in [5.74, 6) is 3.01. The monoisotopic (exact) mass is 481 g/mol. The Morgan fingerprint density at radius 3 is 2.80 bits per heavy atom. The van der Waals surface area contributed by atoms with Crippen molar-refractivity contribution in [2.24, 2.45) is 10.9 Å². The molecule has 7 nitrogen and oxygen atoms in total. The van der Waals surface area contributed by atoms with Gasteiger partial charge in [0.1, 0.15) is 0 Å². The zero-order valence-electron chi connectivity index (χ0n) is 14.2. The molecule has 2 aliphatic rings. The molecule has 9 heteroatoms. The summed E-state index contributed by atoms with van der Waals surface area (Å²) in [6.45, 7) is 1.63. The van der Waals surface area contributed by atoms with Crippen molar-refractivity contribution in [2.75, 3.05) is 38.4 Å². The van der Waals surface area contributed by atoms with E-state index >= 15 is 0 Å². The third-order valence-electron chi connectivity index (χ3n) is 4.25. The Balaban J connectivity index is 0.00000225. The average molecular weight is 481 g/mol. The molecular weight excluding hydrogens is 457 g/mol. The molecule has 3 rings (SSSR count). The third kappa shape index (κ3) is 5.63. The molecular formula is C16H24IN3O4S. The van der Waals surface area contributed by atoms with Crippen LogP contribution in [0.4, 0.5) is 0 Å². The number of guanidine groups is 1. The minimum atomic E-state index is -2.83. The van der Waals surface area contributed by atoms with Gasteiger partial charge in [-0.1, -0.05) is 6.07 Å². The van der Waals surface area contributed by atoms with Gasteiger partial charge in [0.05, 0.1) is 11.5 Å². The van der Waals surface area contributed by atoms with Gasteiger partial charge >= 0.3 is 0 Å². The fraction of sp³-hybridized carbons (Fsp3) is 0.562. The lowest BCUT2D eigenvalue weighted by Gasteiger charge is -2.14. The molecule has 140 valence electrons. The second kappa shape index (κ2) is 8.93. The van der Waals surface area contributed by atoms with E-state index in [4.69, 9.17) is 9.47 Å². The number of ether oxygens (including phenoxy) is 2. The van der Waals surface area contributed by atoms with Crippen LogP contribution in [0, 0.1) is 5.92 Å². The molecule has 0 aromatic heterocycles. The molecule has 2 heterocycles. The average Bonchev–Trinajstić information content (AvgIpc) is 3.16. The molecule has 0 spiro atoms. The van der Waals surface area contributed by atoms with E-state index < -0.39 is 9.84 Å². The predicted octanol–water partition coefficient (Wildman–Crippen LogP) is 1.18. The molecule has 0 aliphatic carbocycles. The second-order valence-electron chi connectivity index (χ2n) is 6.09. The first-order valence-corrected chi connectivity index (χ1v) is 9.91. The van der Waals surface area contributed by atoms with E-state index in [1.54, 1.807) is 7.05 Å². The van der Waals surface area contributed by atoms with Gasteiger partial charge in [-0.25, -0.2) is 8.42 Å². The first-order chi connectivity index (χ1) is 11.6. The van der Waals surface area contributed by atoms with Crippen LogP contribution in [0.1, 0.15) is 12.0 Å². The molecule has 1 aromatic carbocycles. The van der Waals surface area contributed by atoms with Crippen molar-refractivity contribution in [3.63, 3.8) is 0 Å². The lowest BCUT2D eigenvalue weighted by molar-refractivity contribution is 0.174. The molecule has 0 saturated carbocycles. The number of fused-ring (bicyclic) bond motifs is 1. The highest BCUT2D eigenvalue weighted by Gasteiger charge is 2.27. The van der Waals surface area contributed by atoms with Gasteiger partial charge in [-0.05, 0) is 36.5 Å². The standard InChI is InChI=1S/C16H23N3O4S.HI/c1-17-16(19-9-13-5-7-24(20,21)10-13)18-6-4-12-2-3-14-15(8-12)23-11-22-14;/h2-3,8,13H,4-7,9-11H2,1H3,(H2,17,18,19);1H. The van der Waals surface area contributed by atoms with Crippen LogP contribution in [0.15, 0.2) is 23.2 Å². The summed E-state index contributed by atoms with van der Waals surface area (Å²) in [6.07, 6.45) is 1.55. The zero-order valence-corrected chi connectivity index (χ0v) is 17.3. The molecule has 1 saturated heterocycles. The topological polar surface area (TPSA) is 89.0 Å². The van der Waals surface area contributed by atoms with E-state index in [1.165, 1.54) is 0 Å². The molecule has 25 heavy (non-hydrogen) atoms. The molecule has 0 radical (unpaired) electrons. The maximum Gasteiger partial charge on any atom is 0.231 e. The molecule has 2 aliphatic heterocycles. The molecule has 1 atom stereocenters. The van der Waals surface area contributed by atoms with Gasteiger partial charge in [0.15, 0.2) is 27.3 Å². The fourth-order valence-corrected chi connectivity index (χ4v) is 4.78. The second-order valence-corrected chi connectivity index (χ2v) is 8.32. The van der Waals surface area contributed by atoms with Gasteiger partial charge in [0, 0.05) is 20.1 Å². The summed E-state index contributed by atoms with van der Waals surface area (Å²) in [7, 11) is -1.12. The summed E-state index contributed by atoms with van der Waals surface area (Å²) in [5.41, 5.74) is 1.16. The number of hydrogen-bond acceptors (Lipinski definition) is 5. The number of benzene rings is 1. The highest BCUT2D eigenvalue weighted by molar-refractivity contribution is 14.0. The van der Waals surface area contributed by atoms with Crippen LogP contribution in [0.2, 0.25) is 0 Å². The number of nitrogens with zero attached hydrogens (tertiary/aromatic N) is 1. The lowest BCUT2D eigenvalue weighted by atomic mass is 10.1.